The van der Waals surface area contributed by atoms with E-state index in [9.17, 15) is 18.4 Å². The van der Waals surface area contributed by atoms with Crippen LogP contribution in [0.5, 0.6) is 0 Å². The quantitative estimate of drug-likeness (QED) is 0.413. The second kappa shape index (κ2) is 7.56. The highest BCUT2D eigenvalue weighted by Gasteiger charge is 2.15. The first-order valence-electron chi connectivity index (χ1n) is 4.60. The van der Waals surface area contributed by atoms with E-state index in [0.29, 0.717) is 12.2 Å². The van der Waals surface area contributed by atoms with E-state index in [0.717, 1.165) is 0 Å². The molecular weight excluding hydrogens is 222 g/mol. The van der Waals surface area contributed by atoms with Crippen molar-refractivity contribution in [1.82, 2.24) is 0 Å². The molecular formula is C10H12F2O4. The molecule has 0 spiro atoms. The summed E-state index contributed by atoms with van der Waals surface area (Å²) >= 11 is 0. The first-order valence-corrected chi connectivity index (χ1v) is 4.60. The molecule has 0 aliphatic heterocycles. The number of carbonyl (C=O) groups is 2. The molecule has 0 aliphatic rings. The lowest BCUT2D eigenvalue weighted by molar-refractivity contribution is -0.140. The first kappa shape index (κ1) is 14.3. The molecule has 0 rings (SSSR count). The molecule has 6 heteroatoms. The Kier molecular flexibility index (Phi) is 6.74. The zero-order valence-corrected chi connectivity index (χ0v) is 8.96. The van der Waals surface area contributed by atoms with E-state index in [1.54, 1.807) is 6.92 Å². The van der Waals surface area contributed by atoms with Gasteiger partial charge in [-0.25, -0.2) is 14.0 Å². The fraction of sp³-hybridized carbons (Fsp3) is 0.400. The van der Waals surface area contributed by atoms with Crippen LogP contribution in [0, 0.1) is 0 Å². The van der Waals surface area contributed by atoms with E-state index >= 15 is 0 Å². The van der Waals surface area contributed by atoms with Gasteiger partial charge in [0, 0.05) is 6.08 Å². The Labute approximate surface area is 91.5 Å². The van der Waals surface area contributed by atoms with Crippen LogP contribution in [0.3, 0.4) is 0 Å². The number of carbonyl (C=O) groups excluding carboxylic acids is 2. The Balaban J connectivity index is 4.52. The average Bonchev–Trinajstić information content (AvgIpc) is 2.25. The molecule has 0 atom stereocenters. The van der Waals surface area contributed by atoms with Crippen LogP contribution in [0.4, 0.5) is 8.78 Å². The van der Waals surface area contributed by atoms with E-state index in [4.69, 9.17) is 0 Å². The number of hydrogen-bond donors (Lipinski definition) is 0. The molecule has 0 saturated heterocycles. The molecule has 90 valence electrons. The second-order valence-electron chi connectivity index (χ2n) is 2.47. The zero-order valence-electron chi connectivity index (χ0n) is 8.96. The molecule has 0 fully saturated rings. The van der Waals surface area contributed by atoms with E-state index in [1.165, 1.54) is 6.92 Å². The predicted molar refractivity (Wildman–Crippen MR) is 51.6 cm³/mol. The Bertz CT molecular complexity index is 321. The van der Waals surface area contributed by atoms with Gasteiger partial charge in [-0.3, -0.25) is 0 Å². The van der Waals surface area contributed by atoms with Gasteiger partial charge in [-0.1, -0.05) is 0 Å². The number of rotatable bonds is 5. The molecule has 0 heterocycles. The van der Waals surface area contributed by atoms with E-state index < -0.39 is 23.6 Å². The summed E-state index contributed by atoms with van der Waals surface area (Å²) in [6.07, 6.45) is 1.18. The lowest BCUT2D eigenvalue weighted by Gasteiger charge is -1.98. The summed E-state index contributed by atoms with van der Waals surface area (Å²) in [5, 5.41) is 0. The highest BCUT2D eigenvalue weighted by Crippen LogP contribution is 2.11. The Hall–Kier alpha value is -1.72. The summed E-state index contributed by atoms with van der Waals surface area (Å²) in [7, 11) is 0. The minimum absolute atomic E-state index is 0.0683. The van der Waals surface area contributed by atoms with Crippen molar-refractivity contribution >= 4 is 11.9 Å². The van der Waals surface area contributed by atoms with Gasteiger partial charge in [0.2, 0.25) is 5.83 Å². The molecule has 0 bridgehead atoms. The van der Waals surface area contributed by atoms with Crippen molar-refractivity contribution in [2.24, 2.45) is 0 Å². The molecule has 0 unspecified atom stereocenters. The van der Waals surface area contributed by atoms with E-state index in [1.807, 2.05) is 0 Å². The number of ether oxygens (including phenoxy) is 2. The monoisotopic (exact) mass is 234 g/mol. The maximum Gasteiger partial charge on any atom is 0.370 e. The highest BCUT2D eigenvalue weighted by molar-refractivity contribution is 5.88. The van der Waals surface area contributed by atoms with Crippen LogP contribution in [0.1, 0.15) is 13.8 Å². The average molecular weight is 234 g/mol. The maximum absolute atomic E-state index is 12.9. The standard InChI is InChI=1S/C10H12F2O4/c1-3-15-8(13)6-5-7(11)9(12)10(14)16-4-2/h5-6H,3-4H2,1-2H3. The van der Waals surface area contributed by atoms with Crippen LogP contribution >= 0.6 is 0 Å². The minimum Gasteiger partial charge on any atom is -0.463 e. The molecule has 16 heavy (non-hydrogen) atoms. The van der Waals surface area contributed by atoms with Gasteiger partial charge in [-0.05, 0) is 19.9 Å². The summed E-state index contributed by atoms with van der Waals surface area (Å²) in [4.78, 5) is 21.4. The molecule has 0 radical (unpaired) electrons. The smallest absolute Gasteiger partial charge is 0.370 e. The number of esters is 2. The molecule has 0 aromatic carbocycles. The van der Waals surface area contributed by atoms with Crippen molar-refractivity contribution < 1.29 is 27.8 Å². The van der Waals surface area contributed by atoms with Crippen molar-refractivity contribution in [3.05, 3.63) is 23.8 Å². The van der Waals surface area contributed by atoms with Gasteiger partial charge >= 0.3 is 11.9 Å². The molecule has 0 aromatic rings. The molecule has 0 aromatic heterocycles. The summed E-state index contributed by atoms with van der Waals surface area (Å²) in [5.41, 5.74) is 0. The van der Waals surface area contributed by atoms with Crippen LogP contribution in [0.2, 0.25) is 0 Å². The molecule has 0 amide bonds. The summed E-state index contributed by atoms with van der Waals surface area (Å²) in [6, 6.07) is 0. The number of allylic oxidation sites excluding steroid dienone is 2. The van der Waals surface area contributed by atoms with Crippen LogP contribution < -0.4 is 0 Å². The van der Waals surface area contributed by atoms with Gasteiger partial charge in [-0.15, -0.1) is 0 Å². The lowest BCUT2D eigenvalue weighted by Crippen LogP contribution is -2.05. The first-order chi connectivity index (χ1) is 7.52. The fourth-order valence-corrected chi connectivity index (χ4v) is 0.697. The molecule has 0 saturated carbocycles. The third-order valence-corrected chi connectivity index (χ3v) is 1.32. The lowest BCUT2D eigenvalue weighted by atomic mass is 10.4. The normalized spacial score (nSPS) is 12.2. The van der Waals surface area contributed by atoms with Crippen molar-refractivity contribution in [2.75, 3.05) is 13.2 Å². The van der Waals surface area contributed by atoms with Gasteiger partial charge in [0.05, 0.1) is 13.2 Å². The van der Waals surface area contributed by atoms with Crippen LogP contribution in [-0.4, -0.2) is 25.2 Å². The minimum atomic E-state index is -1.68. The fourth-order valence-electron chi connectivity index (χ4n) is 0.697. The van der Waals surface area contributed by atoms with Crippen LogP contribution in [0.15, 0.2) is 23.8 Å². The topological polar surface area (TPSA) is 52.6 Å². The largest absolute Gasteiger partial charge is 0.463 e. The van der Waals surface area contributed by atoms with E-state index in [-0.39, 0.29) is 13.2 Å². The zero-order chi connectivity index (χ0) is 12.6. The van der Waals surface area contributed by atoms with Gasteiger partial charge in [0.15, 0.2) is 5.83 Å². The summed E-state index contributed by atoms with van der Waals surface area (Å²) in [5.74, 6) is -5.39. The van der Waals surface area contributed by atoms with Crippen LogP contribution in [-0.2, 0) is 19.1 Å². The van der Waals surface area contributed by atoms with Crippen LogP contribution in [0.25, 0.3) is 0 Å². The Morgan fingerprint density at radius 1 is 1.06 bits per heavy atom. The third-order valence-electron chi connectivity index (χ3n) is 1.32. The van der Waals surface area contributed by atoms with Gasteiger partial charge in [0.1, 0.15) is 0 Å². The number of halogens is 2. The van der Waals surface area contributed by atoms with Crippen molar-refractivity contribution in [1.29, 1.82) is 0 Å². The second-order valence-corrected chi connectivity index (χ2v) is 2.47. The van der Waals surface area contributed by atoms with E-state index in [2.05, 4.69) is 9.47 Å². The third kappa shape index (κ3) is 5.23. The highest BCUT2D eigenvalue weighted by atomic mass is 19.2. The SMILES string of the molecule is CCOC(=O)C=CC(F)=C(F)C(=O)OCC. The summed E-state index contributed by atoms with van der Waals surface area (Å²) in [6.45, 7) is 3.07. The van der Waals surface area contributed by atoms with Crippen molar-refractivity contribution in [3.8, 4) is 0 Å². The van der Waals surface area contributed by atoms with Gasteiger partial charge in [-0.2, -0.15) is 4.39 Å². The molecule has 4 nitrogen and oxygen atoms in total. The Morgan fingerprint density at radius 3 is 2.12 bits per heavy atom. The Morgan fingerprint density at radius 2 is 1.62 bits per heavy atom. The van der Waals surface area contributed by atoms with Gasteiger partial charge in [0.25, 0.3) is 0 Å². The van der Waals surface area contributed by atoms with Crippen molar-refractivity contribution in [3.63, 3.8) is 0 Å². The molecule has 0 aliphatic carbocycles. The van der Waals surface area contributed by atoms with Gasteiger partial charge < -0.3 is 9.47 Å². The van der Waals surface area contributed by atoms with Crippen molar-refractivity contribution in [2.45, 2.75) is 13.8 Å². The predicted octanol–water partition coefficient (Wildman–Crippen LogP) is 1.82. The maximum atomic E-state index is 12.9. The summed E-state index contributed by atoms with van der Waals surface area (Å²) < 4.78 is 34.4. The number of hydrogen-bond acceptors (Lipinski definition) is 4. The molecule has 0 N–H and O–H groups in total.